The summed E-state index contributed by atoms with van der Waals surface area (Å²) < 4.78 is 3.56. The number of carbonyl (C=O) groups is 1. The fraction of sp³-hybridized carbons (Fsp3) is 0.500. The molecule has 0 aromatic carbocycles. The van der Waals surface area contributed by atoms with Gasteiger partial charge in [-0.2, -0.15) is 10.2 Å². The maximum atomic E-state index is 12.3. The van der Waals surface area contributed by atoms with Crippen molar-refractivity contribution in [1.82, 2.24) is 24.9 Å². The number of carbonyl (C=O) groups excluding carboxylic acids is 1. The van der Waals surface area contributed by atoms with Gasteiger partial charge in [-0.25, -0.2) is 0 Å². The molecule has 0 saturated carbocycles. The summed E-state index contributed by atoms with van der Waals surface area (Å²) in [6.45, 7) is 6.09. The van der Waals surface area contributed by atoms with Crippen LogP contribution in [0.3, 0.4) is 0 Å². The van der Waals surface area contributed by atoms with Crippen molar-refractivity contribution in [2.45, 2.75) is 39.3 Å². The van der Waals surface area contributed by atoms with Crippen molar-refractivity contribution in [3.8, 4) is 0 Å². The van der Waals surface area contributed by atoms with Gasteiger partial charge in [0.05, 0.1) is 23.5 Å². The highest BCUT2D eigenvalue weighted by Gasteiger charge is 2.18. The lowest BCUT2D eigenvalue weighted by Gasteiger charge is -2.16. The minimum Gasteiger partial charge on any atom is -0.344 e. The summed E-state index contributed by atoms with van der Waals surface area (Å²) in [6.07, 6.45) is 5.92. The molecule has 0 spiro atoms. The van der Waals surface area contributed by atoms with Crippen LogP contribution < -0.4 is 5.32 Å². The lowest BCUT2D eigenvalue weighted by molar-refractivity contribution is 0.0934. The van der Waals surface area contributed by atoms with Crippen LogP contribution in [0.5, 0.6) is 0 Å². The van der Waals surface area contributed by atoms with Crippen LogP contribution in [-0.2, 0) is 7.05 Å². The van der Waals surface area contributed by atoms with Crippen LogP contribution in [0.2, 0.25) is 0 Å². The minimum absolute atomic E-state index is 0.0441. The lowest BCUT2D eigenvalue weighted by atomic mass is 10.1. The molecule has 0 radical (unpaired) electrons. The Morgan fingerprint density at radius 1 is 1.40 bits per heavy atom. The molecular formula is C14H21N5O. The minimum atomic E-state index is -0.107. The molecule has 1 amide bonds. The molecule has 2 rings (SSSR count). The Bertz CT molecular complexity index is 584. The number of aryl methyl sites for hydroxylation is 1. The molecule has 20 heavy (non-hydrogen) atoms. The first kappa shape index (κ1) is 14.3. The molecule has 2 aromatic rings. The molecule has 0 unspecified atom stereocenters. The molecule has 6 nitrogen and oxygen atoms in total. The Morgan fingerprint density at radius 3 is 2.65 bits per heavy atom. The highest BCUT2D eigenvalue weighted by molar-refractivity contribution is 5.93. The van der Waals surface area contributed by atoms with Crippen molar-refractivity contribution < 1.29 is 4.79 Å². The van der Waals surface area contributed by atoms with Crippen LogP contribution in [0.1, 0.15) is 55.3 Å². The number of hydrogen-bond donors (Lipinski definition) is 1. The van der Waals surface area contributed by atoms with Crippen molar-refractivity contribution in [3.05, 3.63) is 35.9 Å². The highest BCUT2D eigenvalue weighted by Crippen LogP contribution is 2.16. The first-order valence-corrected chi connectivity index (χ1v) is 6.85. The van der Waals surface area contributed by atoms with Crippen molar-refractivity contribution in [3.63, 3.8) is 0 Å². The standard InChI is InChI=1S/C14H21N5O/c1-5-12(13-6-7-15-18(13)4)17-14(20)11-8-16-19(9-11)10(2)3/h6-10,12H,5H2,1-4H3,(H,17,20)/t12-/m1/s1. The van der Waals surface area contributed by atoms with E-state index in [0.29, 0.717) is 5.56 Å². The molecule has 0 saturated heterocycles. The Labute approximate surface area is 118 Å². The number of aromatic nitrogens is 4. The van der Waals surface area contributed by atoms with Crippen LogP contribution in [-0.4, -0.2) is 25.5 Å². The summed E-state index contributed by atoms with van der Waals surface area (Å²) in [7, 11) is 1.88. The van der Waals surface area contributed by atoms with Gasteiger partial charge in [0.15, 0.2) is 0 Å². The first-order valence-electron chi connectivity index (χ1n) is 6.85. The fourth-order valence-corrected chi connectivity index (χ4v) is 2.09. The molecule has 0 aliphatic rings. The number of rotatable bonds is 5. The number of nitrogens with one attached hydrogen (secondary N) is 1. The van der Waals surface area contributed by atoms with Gasteiger partial charge in [-0.05, 0) is 26.3 Å². The topological polar surface area (TPSA) is 64.7 Å². The first-order chi connectivity index (χ1) is 9.52. The average Bonchev–Trinajstić information content (AvgIpc) is 3.04. The Balaban J connectivity index is 2.11. The van der Waals surface area contributed by atoms with Crippen LogP contribution >= 0.6 is 0 Å². The molecule has 0 aliphatic carbocycles. The fourth-order valence-electron chi connectivity index (χ4n) is 2.09. The van der Waals surface area contributed by atoms with E-state index in [0.717, 1.165) is 12.1 Å². The molecule has 0 aliphatic heterocycles. The third kappa shape index (κ3) is 2.89. The zero-order valence-electron chi connectivity index (χ0n) is 12.4. The molecule has 108 valence electrons. The van der Waals surface area contributed by atoms with E-state index in [1.54, 1.807) is 28.0 Å². The van der Waals surface area contributed by atoms with E-state index >= 15 is 0 Å². The van der Waals surface area contributed by atoms with E-state index < -0.39 is 0 Å². The largest absolute Gasteiger partial charge is 0.344 e. The van der Waals surface area contributed by atoms with Crippen molar-refractivity contribution in [2.75, 3.05) is 0 Å². The second-order valence-electron chi connectivity index (χ2n) is 5.12. The van der Waals surface area contributed by atoms with Crippen molar-refractivity contribution in [2.24, 2.45) is 7.05 Å². The van der Waals surface area contributed by atoms with Gasteiger partial charge in [-0.15, -0.1) is 0 Å². The molecule has 2 heterocycles. The predicted octanol–water partition coefficient (Wildman–Crippen LogP) is 2.08. The van der Waals surface area contributed by atoms with Gasteiger partial charge in [0.1, 0.15) is 0 Å². The maximum absolute atomic E-state index is 12.3. The van der Waals surface area contributed by atoms with Gasteiger partial charge >= 0.3 is 0 Å². The number of hydrogen-bond acceptors (Lipinski definition) is 3. The Hall–Kier alpha value is -2.11. The van der Waals surface area contributed by atoms with Crippen molar-refractivity contribution >= 4 is 5.91 Å². The van der Waals surface area contributed by atoms with E-state index in [1.165, 1.54) is 0 Å². The van der Waals surface area contributed by atoms with Gasteiger partial charge in [-0.3, -0.25) is 14.2 Å². The smallest absolute Gasteiger partial charge is 0.255 e. The Kier molecular flexibility index (Phi) is 4.22. The zero-order valence-corrected chi connectivity index (χ0v) is 12.4. The Morgan fingerprint density at radius 2 is 2.15 bits per heavy atom. The van der Waals surface area contributed by atoms with E-state index in [4.69, 9.17) is 0 Å². The second-order valence-corrected chi connectivity index (χ2v) is 5.12. The molecule has 2 aromatic heterocycles. The van der Waals surface area contributed by atoms with Crippen LogP contribution in [0, 0.1) is 0 Å². The summed E-state index contributed by atoms with van der Waals surface area (Å²) in [6, 6.07) is 2.12. The van der Waals surface area contributed by atoms with E-state index in [2.05, 4.69) is 15.5 Å². The van der Waals surface area contributed by atoms with Gasteiger partial charge < -0.3 is 5.32 Å². The predicted molar refractivity (Wildman–Crippen MR) is 76.3 cm³/mol. The van der Waals surface area contributed by atoms with Crippen molar-refractivity contribution in [1.29, 1.82) is 0 Å². The third-order valence-electron chi connectivity index (χ3n) is 3.32. The second kappa shape index (κ2) is 5.90. The summed E-state index contributed by atoms with van der Waals surface area (Å²) in [5, 5.41) is 11.4. The van der Waals surface area contributed by atoms with Crippen LogP contribution in [0.15, 0.2) is 24.7 Å². The monoisotopic (exact) mass is 275 g/mol. The van der Waals surface area contributed by atoms with Gasteiger partial charge in [-0.1, -0.05) is 6.92 Å². The summed E-state index contributed by atoms with van der Waals surface area (Å²) in [5.74, 6) is -0.107. The van der Waals surface area contributed by atoms with Gasteiger partial charge in [0.25, 0.3) is 5.91 Å². The van der Waals surface area contributed by atoms with E-state index in [-0.39, 0.29) is 18.0 Å². The quantitative estimate of drug-likeness (QED) is 0.908. The van der Waals surface area contributed by atoms with E-state index in [1.807, 2.05) is 33.9 Å². The third-order valence-corrected chi connectivity index (χ3v) is 3.32. The van der Waals surface area contributed by atoms with Crippen LogP contribution in [0.25, 0.3) is 0 Å². The lowest BCUT2D eigenvalue weighted by Crippen LogP contribution is -2.29. The zero-order chi connectivity index (χ0) is 14.7. The number of amides is 1. The number of nitrogens with zero attached hydrogens (tertiary/aromatic N) is 4. The summed E-state index contributed by atoms with van der Waals surface area (Å²) in [5.41, 5.74) is 1.58. The molecular weight excluding hydrogens is 254 g/mol. The van der Waals surface area contributed by atoms with Gasteiger partial charge in [0.2, 0.25) is 0 Å². The van der Waals surface area contributed by atoms with Gasteiger partial charge in [0, 0.05) is 25.5 Å². The summed E-state index contributed by atoms with van der Waals surface area (Å²) >= 11 is 0. The highest BCUT2D eigenvalue weighted by atomic mass is 16.1. The SMILES string of the molecule is CC[C@@H](NC(=O)c1cnn(C(C)C)c1)c1ccnn1C. The molecule has 0 bridgehead atoms. The molecule has 6 heteroatoms. The normalized spacial score (nSPS) is 12.7. The maximum Gasteiger partial charge on any atom is 0.255 e. The van der Waals surface area contributed by atoms with E-state index in [9.17, 15) is 4.79 Å². The molecule has 1 N–H and O–H groups in total. The summed E-state index contributed by atoms with van der Waals surface area (Å²) in [4.78, 5) is 12.3. The molecule has 1 atom stereocenters. The average molecular weight is 275 g/mol. The van der Waals surface area contributed by atoms with Crippen LogP contribution in [0.4, 0.5) is 0 Å². The molecule has 0 fully saturated rings.